The smallest absolute Gasteiger partial charge is 0.269 e. The van der Waals surface area contributed by atoms with Gasteiger partial charge in [-0.2, -0.15) is 0 Å². The van der Waals surface area contributed by atoms with E-state index < -0.39 is 0 Å². The Kier molecular flexibility index (Phi) is 7.89. The molecule has 2 atom stereocenters. The summed E-state index contributed by atoms with van der Waals surface area (Å²) < 4.78 is 10.4. The monoisotopic (exact) mass is 296 g/mol. The number of nitro benzene ring substituents is 1. The molecule has 1 aromatic carbocycles. The van der Waals surface area contributed by atoms with Crippen molar-refractivity contribution in [2.24, 2.45) is 0 Å². The molecule has 0 fully saturated rings. The minimum atomic E-state index is -0.366. The summed E-state index contributed by atoms with van der Waals surface area (Å²) in [7, 11) is 3.28. The molecule has 0 amide bonds. The van der Waals surface area contributed by atoms with Gasteiger partial charge in [0.2, 0.25) is 0 Å². The normalized spacial score (nSPS) is 13.9. The van der Waals surface area contributed by atoms with Crippen molar-refractivity contribution in [1.82, 2.24) is 5.32 Å². The molecule has 0 aliphatic heterocycles. The fourth-order valence-electron chi connectivity index (χ4n) is 2.20. The van der Waals surface area contributed by atoms with Crippen molar-refractivity contribution in [3.63, 3.8) is 0 Å². The van der Waals surface area contributed by atoms with E-state index in [1.54, 1.807) is 26.4 Å². The van der Waals surface area contributed by atoms with E-state index in [9.17, 15) is 10.1 Å². The molecule has 0 spiro atoms. The summed E-state index contributed by atoms with van der Waals surface area (Å²) in [6.45, 7) is 3.24. The predicted octanol–water partition coefficient (Wildman–Crippen LogP) is 2.69. The number of ether oxygens (including phenoxy) is 2. The summed E-state index contributed by atoms with van der Waals surface area (Å²) in [5.74, 6) is 0. The van der Waals surface area contributed by atoms with Crippen molar-refractivity contribution in [1.29, 1.82) is 0 Å². The van der Waals surface area contributed by atoms with E-state index in [1.165, 1.54) is 6.07 Å². The lowest BCUT2D eigenvalue weighted by Gasteiger charge is -2.22. The maximum absolute atomic E-state index is 10.9. The first-order valence-electron chi connectivity index (χ1n) is 7.11. The minimum absolute atomic E-state index is 0.0342. The van der Waals surface area contributed by atoms with Gasteiger partial charge in [-0.3, -0.25) is 10.1 Å². The third-order valence-corrected chi connectivity index (χ3v) is 3.34. The zero-order valence-corrected chi connectivity index (χ0v) is 12.9. The van der Waals surface area contributed by atoms with Crippen LogP contribution < -0.4 is 5.32 Å². The van der Waals surface area contributed by atoms with Gasteiger partial charge in [-0.05, 0) is 12.0 Å². The maximum Gasteiger partial charge on any atom is 0.269 e. The highest BCUT2D eigenvalue weighted by molar-refractivity contribution is 5.35. The predicted molar refractivity (Wildman–Crippen MR) is 81.4 cm³/mol. The van der Waals surface area contributed by atoms with Gasteiger partial charge in [-0.25, -0.2) is 0 Å². The topological polar surface area (TPSA) is 73.6 Å². The minimum Gasteiger partial charge on any atom is -0.382 e. The average Bonchev–Trinajstić information content (AvgIpc) is 2.50. The van der Waals surface area contributed by atoms with Crippen molar-refractivity contribution in [3.05, 3.63) is 39.9 Å². The van der Waals surface area contributed by atoms with Crippen LogP contribution in [0, 0.1) is 10.1 Å². The molecule has 0 saturated heterocycles. The second kappa shape index (κ2) is 9.44. The van der Waals surface area contributed by atoms with Gasteiger partial charge >= 0.3 is 0 Å². The molecule has 0 aromatic heterocycles. The fourth-order valence-corrected chi connectivity index (χ4v) is 2.20. The van der Waals surface area contributed by atoms with Gasteiger partial charge < -0.3 is 14.8 Å². The molecule has 1 rings (SSSR count). The van der Waals surface area contributed by atoms with E-state index in [4.69, 9.17) is 9.47 Å². The Morgan fingerprint density at radius 1 is 1.38 bits per heavy atom. The van der Waals surface area contributed by atoms with Crippen LogP contribution in [0.2, 0.25) is 0 Å². The first-order valence-corrected chi connectivity index (χ1v) is 7.11. The molecule has 0 aliphatic rings. The van der Waals surface area contributed by atoms with Crippen molar-refractivity contribution < 1.29 is 14.4 Å². The molecule has 6 nitrogen and oxygen atoms in total. The quantitative estimate of drug-likeness (QED) is 0.531. The van der Waals surface area contributed by atoms with Gasteiger partial charge in [0.25, 0.3) is 5.69 Å². The van der Waals surface area contributed by atoms with E-state index in [2.05, 4.69) is 12.2 Å². The number of nitrogens with one attached hydrogen (secondary N) is 1. The summed E-state index contributed by atoms with van der Waals surface area (Å²) >= 11 is 0. The zero-order valence-electron chi connectivity index (χ0n) is 12.9. The van der Waals surface area contributed by atoms with Gasteiger partial charge in [0, 0.05) is 38.9 Å². The summed E-state index contributed by atoms with van der Waals surface area (Å²) in [6, 6.07) is 6.85. The summed E-state index contributed by atoms with van der Waals surface area (Å²) in [4.78, 5) is 10.5. The van der Waals surface area contributed by atoms with Gasteiger partial charge in [0.1, 0.15) is 0 Å². The second-order valence-corrected chi connectivity index (χ2v) is 4.91. The molecule has 0 radical (unpaired) electrons. The van der Waals surface area contributed by atoms with Crippen LogP contribution in [0.5, 0.6) is 0 Å². The number of hydrogen-bond donors (Lipinski definition) is 1. The van der Waals surface area contributed by atoms with Crippen LogP contribution >= 0.6 is 0 Å². The van der Waals surface area contributed by atoms with E-state index in [0.29, 0.717) is 13.2 Å². The van der Waals surface area contributed by atoms with Crippen LogP contribution in [0.25, 0.3) is 0 Å². The fraction of sp³-hybridized carbons (Fsp3) is 0.600. The van der Waals surface area contributed by atoms with E-state index in [1.807, 2.05) is 6.07 Å². The van der Waals surface area contributed by atoms with Gasteiger partial charge in [-0.1, -0.05) is 25.5 Å². The Morgan fingerprint density at radius 3 is 2.71 bits per heavy atom. The molecule has 118 valence electrons. The SMILES string of the molecule is CCCC(NCC(COC)OC)c1cccc([N+](=O)[O-])c1. The average molecular weight is 296 g/mol. The molecule has 0 heterocycles. The Bertz CT molecular complexity index is 439. The van der Waals surface area contributed by atoms with E-state index in [0.717, 1.165) is 18.4 Å². The van der Waals surface area contributed by atoms with Crippen LogP contribution in [0.3, 0.4) is 0 Å². The molecular formula is C15H24N2O4. The first-order chi connectivity index (χ1) is 10.1. The Morgan fingerprint density at radius 2 is 2.14 bits per heavy atom. The van der Waals surface area contributed by atoms with Gasteiger partial charge in [-0.15, -0.1) is 0 Å². The number of hydrogen-bond acceptors (Lipinski definition) is 5. The Labute approximate surface area is 125 Å². The number of nitro groups is 1. The highest BCUT2D eigenvalue weighted by Gasteiger charge is 2.16. The molecule has 1 aromatic rings. The number of methoxy groups -OCH3 is 2. The Hall–Kier alpha value is -1.50. The van der Waals surface area contributed by atoms with Crippen molar-refractivity contribution in [2.45, 2.75) is 31.9 Å². The second-order valence-electron chi connectivity index (χ2n) is 4.91. The number of nitrogens with zero attached hydrogens (tertiary/aromatic N) is 1. The molecule has 21 heavy (non-hydrogen) atoms. The largest absolute Gasteiger partial charge is 0.382 e. The molecule has 0 saturated carbocycles. The van der Waals surface area contributed by atoms with Crippen LogP contribution in [-0.4, -0.2) is 38.4 Å². The third kappa shape index (κ3) is 5.79. The van der Waals surface area contributed by atoms with Crippen molar-refractivity contribution in [3.8, 4) is 0 Å². The first kappa shape index (κ1) is 17.6. The highest BCUT2D eigenvalue weighted by atomic mass is 16.6. The standard InChI is InChI=1S/C15H24N2O4/c1-4-6-15(16-10-14(21-3)11-20-2)12-7-5-8-13(9-12)17(18)19/h5,7-9,14-16H,4,6,10-11H2,1-3H3. The van der Waals surface area contributed by atoms with Crippen molar-refractivity contribution in [2.75, 3.05) is 27.4 Å². The lowest BCUT2D eigenvalue weighted by Crippen LogP contribution is -2.34. The highest BCUT2D eigenvalue weighted by Crippen LogP contribution is 2.22. The molecule has 0 bridgehead atoms. The van der Waals surface area contributed by atoms with Crippen LogP contribution in [0.15, 0.2) is 24.3 Å². The lowest BCUT2D eigenvalue weighted by molar-refractivity contribution is -0.384. The number of rotatable bonds is 10. The van der Waals surface area contributed by atoms with Crippen LogP contribution in [0.1, 0.15) is 31.4 Å². The molecule has 6 heteroatoms. The van der Waals surface area contributed by atoms with Crippen LogP contribution in [0.4, 0.5) is 5.69 Å². The van der Waals surface area contributed by atoms with Gasteiger partial charge in [0.05, 0.1) is 17.6 Å². The van der Waals surface area contributed by atoms with Gasteiger partial charge in [0.15, 0.2) is 0 Å². The molecule has 2 unspecified atom stereocenters. The third-order valence-electron chi connectivity index (χ3n) is 3.34. The van der Waals surface area contributed by atoms with Crippen LogP contribution in [-0.2, 0) is 9.47 Å². The molecular weight excluding hydrogens is 272 g/mol. The number of benzene rings is 1. The lowest BCUT2D eigenvalue weighted by atomic mass is 10.0. The van der Waals surface area contributed by atoms with Crippen molar-refractivity contribution >= 4 is 5.69 Å². The molecule has 0 aliphatic carbocycles. The van der Waals surface area contributed by atoms with E-state index in [-0.39, 0.29) is 22.8 Å². The number of non-ortho nitro benzene ring substituents is 1. The molecule has 1 N–H and O–H groups in total. The zero-order chi connectivity index (χ0) is 15.7. The Balaban J connectivity index is 2.76. The summed E-state index contributed by atoms with van der Waals surface area (Å²) in [6.07, 6.45) is 1.86. The summed E-state index contributed by atoms with van der Waals surface area (Å²) in [5.41, 5.74) is 1.05. The maximum atomic E-state index is 10.9. The summed E-state index contributed by atoms with van der Waals surface area (Å²) in [5, 5.41) is 14.3. The van der Waals surface area contributed by atoms with E-state index >= 15 is 0 Å².